The summed E-state index contributed by atoms with van der Waals surface area (Å²) < 4.78 is 2.29. The molecule has 0 N–H and O–H groups in total. The van der Waals surface area contributed by atoms with Crippen molar-refractivity contribution < 1.29 is 0 Å². The van der Waals surface area contributed by atoms with Crippen molar-refractivity contribution in [2.45, 2.75) is 0 Å². The van der Waals surface area contributed by atoms with Crippen molar-refractivity contribution >= 4 is 93.9 Å². The van der Waals surface area contributed by atoms with E-state index in [2.05, 4.69) is 130 Å². The Labute approximate surface area is 252 Å². The molecule has 0 aliphatic heterocycles. The zero-order valence-electron chi connectivity index (χ0n) is 22.9. The molecule has 0 bridgehead atoms. The normalized spacial score (nSPS) is 12.3. The number of rotatable bonds is 3. The van der Waals surface area contributed by atoms with Crippen LogP contribution < -0.4 is 15.9 Å². The molecular weight excluding hydrogens is 563 g/mol. The number of hydrogen-bond acceptors (Lipinski definition) is 4. The number of aromatic nitrogens is 4. The highest BCUT2D eigenvalue weighted by Crippen LogP contribution is 2.44. The molecule has 43 heavy (non-hydrogen) atoms. The van der Waals surface area contributed by atoms with E-state index in [0.29, 0.717) is 0 Å². The van der Waals surface area contributed by atoms with E-state index in [-0.39, 0.29) is 0 Å². The van der Waals surface area contributed by atoms with Crippen molar-refractivity contribution in [1.29, 1.82) is 0 Å². The van der Waals surface area contributed by atoms with Gasteiger partial charge in [-0.1, -0.05) is 96.7 Å². The number of para-hydroxylation sites is 1. The van der Waals surface area contributed by atoms with Crippen LogP contribution in [0.4, 0.5) is 0 Å². The maximum atomic E-state index is 6.85. The van der Waals surface area contributed by atoms with Gasteiger partial charge in [0.15, 0.2) is 0 Å². The molecule has 0 fully saturated rings. The Bertz CT molecular complexity index is 2540. The first-order valence-corrected chi connectivity index (χ1v) is 17.0. The molecule has 0 saturated heterocycles. The zero-order chi connectivity index (χ0) is 28.5. The van der Waals surface area contributed by atoms with Gasteiger partial charge in [-0.25, -0.2) is 4.98 Å². The van der Waals surface area contributed by atoms with E-state index in [4.69, 9.17) is 16.8 Å². The molecular formula is C37H23N4PS. The van der Waals surface area contributed by atoms with E-state index < -0.39 is 6.04 Å². The molecule has 0 unspecified atom stereocenters. The van der Waals surface area contributed by atoms with Crippen LogP contribution in [0.1, 0.15) is 0 Å². The number of hydrogen-bond donors (Lipinski definition) is 0. The Morgan fingerprint density at radius 2 is 1.05 bits per heavy atom. The lowest BCUT2D eigenvalue weighted by Crippen LogP contribution is -2.25. The summed E-state index contributed by atoms with van der Waals surface area (Å²) in [7, 11) is 0. The van der Waals surface area contributed by atoms with E-state index in [0.717, 1.165) is 65.3 Å². The van der Waals surface area contributed by atoms with Gasteiger partial charge in [0.25, 0.3) is 0 Å². The first-order chi connectivity index (χ1) is 21.2. The summed E-state index contributed by atoms with van der Waals surface area (Å²) in [5.74, 6) is 0. The lowest BCUT2D eigenvalue weighted by molar-refractivity contribution is 1.31. The number of nitrogens with zero attached hydrogens (tertiary/aromatic N) is 4. The maximum absolute atomic E-state index is 6.85. The molecule has 202 valence electrons. The van der Waals surface area contributed by atoms with Gasteiger partial charge in [-0.3, -0.25) is 14.4 Å². The summed E-state index contributed by atoms with van der Waals surface area (Å²) in [6, 6.07) is 42.3. The topological polar surface area (TPSA) is 43.1 Å². The lowest BCUT2D eigenvalue weighted by atomic mass is 10.1. The molecule has 9 aromatic rings. The third kappa shape index (κ3) is 3.62. The van der Waals surface area contributed by atoms with Crippen LogP contribution in [-0.4, -0.2) is 19.4 Å². The van der Waals surface area contributed by atoms with Gasteiger partial charge in [-0.2, -0.15) is 0 Å². The van der Waals surface area contributed by atoms with Crippen LogP contribution in [0.5, 0.6) is 0 Å². The average Bonchev–Trinajstić information content (AvgIpc) is 3.47. The molecule has 4 nitrogen and oxygen atoms in total. The third-order valence-corrected chi connectivity index (χ3v) is 13.4. The number of fused-ring (bicyclic) bond motifs is 10. The summed E-state index contributed by atoms with van der Waals surface area (Å²) in [5, 5.41) is 9.05. The second-order valence-corrected chi connectivity index (χ2v) is 15.3. The molecule has 0 aliphatic rings. The second-order valence-electron chi connectivity index (χ2n) is 10.9. The molecule has 9 rings (SSSR count). The highest BCUT2D eigenvalue weighted by molar-refractivity contribution is 8.25. The van der Waals surface area contributed by atoms with Crippen molar-refractivity contribution in [2.24, 2.45) is 0 Å². The van der Waals surface area contributed by atoms with Crippen LogP contribution in [0, 0.1) is 0 Å². The Morgan fingerprint density at radius 3 is 1.72 bits per heavy atom. The van der Waals surface area contributed by atoms with Gasteiger partial charge in [-0.05, 0) is 63.8 Å². The number of benzene rings is 5. The Balaban J connectivity index is 1.36. The molecule has 5 aromatic carbocycles. The van der Waals surface area contributed by atoms with Crippen molar-refractivity contribution in [2.75, 3.05) is 0 Å². The van der Waals surface area contributed by atoms with Gasteiger partial charge in [0.2, 0.25) is 0 Å². The summed E-state index contributed by atoms with van der Waals surface area (Å²) in [5.41, 5.74) is 6.00. The van der Waals surface area contributed by atoms with E-state index in [1.807, 2.05) is 24.5 Å². The molecule has 4 heterocycles. The maximum Gasteiger partial charge on any atom is 0.146 e. The largest absolute Gasteiger partial charge is 0.292 e. The van der Waals surface area contributed by atoms with E-state index in [1.54, 1.807) is 0 Å². The van der Waals surface area contributed by atoms with Crippen molar-refractivity contribution in [3.05, 3.63) is 140 Å². The Kier molecular flexibility index (Phi) is 5.31. The predicted molar refractivity (Wildman–Crippen MR) is 184 cm³/mol. The Morgan fingerprint density at radius 1 is 0.488 bits per heavy atom. The van der Waals surface area contributed by atoms with Gasteiger partial charge in [-0.15, -0.1) is 0 Å². The van der Waals surface area contributed by atoms with Gasteiger partial charge in [0.05, 0.1) is 27.6 Å². The minimum Gasteiger partial charge on any atom is -0.292 e. The molecule has 0 amide bonds. The van der Waals surface area contributed by atoms with E-state index in [9.17, 15) is 0 Å². The molecule has 6 heteroatoms. The first-order valence-electron chi connectivity index (χ1n) is 14.2. The van der Waals surface area contributed by atoms with Crippen LogP contribution >= 0.6 is 6.04 Å². The van der Waals surface area contributed by atoms with Gasteiger partial charge in [0, 0.05) is 40.0 Å². The molecule has 0 saturated carbocycles. The summed E-state index contributed by atoms with van der Waals surface area (Å²) >= 11 is 6.85. The van der Waals surface area contributed by atoms with Crippen LogP contribution in [-0.2, 0) is 11.8 Å². The van der Waals surface area contributed by atoms with Crippen molar-refractivity contribution in [3.63, 3.8) is 0 Å². The SMILES string of the molecule is S=P(c1ccc2cccnc2c1)(c1ccc2cccnc2c1)c1ccc2c(c1)nc1c3ccccc3c3ccccc3n21. The highest BCUT2D eigenvalue weighted by atomic mass is 32.4. The van der Waals surface area contributed by atoms with Crippen LogP contribution in [0.15, 0.2) is 140 Å². The average molecular weight is 587 g/mol. The fourth-order valence-electron chi connectivity index (χ4n) is 6.45. The molecule has 4 aromatic heterocycles. The monoisotopic (exact) mass is 586 g/mol. The third-order valence-electron chi connectivity index (χ3n) is 8.51. The second kappa shape index (κ2) is 9.27. The smallest absolute Gasteiger partial charge is 0.146 e. The lowest BCUT2D eigenvalue weighted by Gasteiger charge is -2.24. The predicted octanol–water partition coefficient (Wildman–Crippen LogP) is 7.65. The zero-order valence-corrected chi connectivity index (χ0v) is 24.6. The number of imidazole rings is 1. The standard InChI is InChI=1S/C37H23N4PS/c43-42(26-15-13-24-7-5-19-38-32(24)21-26,27-16-14-25-8-6-20-39-33(25)22-27)28-17-18-36-34(23-28)40-37-31-11-2-1-9-29(31)30-10-3-4-12-35(30)41(36)37/h1-23H. The molecule has 0 atom stereocenters. The molecule has 0 spiro atoms. The number of pyridine rings is 3. The van der Waals surface area contributed by atoms with E-state index in [1.165, 1.54) is 10.8 Å². The van der Waals surface area contributed by atoms with Crippen LogP contribution in [0.25, 0.3) is 60.2 Å². The van der Waals surface area contributed by atoms with E-state index >= 15 is 0 Å². The summed E-state index contributed by atoms with van der Waals surface area (Å²) in [6.07, 6.45) is 3.68. The fourth-order valence-corrected chi connectivity index (χ4v) is 10.1. The highest BCUT2D eigenvalue weighted by Gasteiger charge is 2.27. The molecule has 0 radical (unpaired) electrons. The van der Waals surface area contributed by atoms with Gasteiger partial charge >= 0.3 is 0 Å². The summed E-state index contributed by atoms with van der Waals surface area (Å²) in [6.45, 7) is 0. The minimum atomic E-state index is -2.52. The minimum absolute atomic E-state index is 0.936. The first kappa shape index (κ1) is 24.6. The summed E-state index contributed by atoms with van der Waals surface area (Å²) in [4.78, 5) is 14.6. The molecule has 0 aliphatic carbocycles. The Hall–Kier alpha value is -4.96. The van der Waals surface area contributed by atoms with Crippen molar-refractivity contribution in [1.82, 2.24) is 19.4 Å². The fraction of sp³-hybridized carbons (Fsp3) is 0. The van der Waals surface area contributed by atoms with Gasteiger partial charge < -0.3 is 0 Å². The van der Waals surface area contributed by atoms with Gasteiger partial charge in [0.1, 0.15) is 5.65 Å². The van der Waals surface area contributed by atoms with Crippen molar-refractivity contribution in [3.8, 4) is 0 Å². The quantitative estimate of drug-likeness (QED) is 0.158. The van der Waals surface area contributed by atoms with Crippen LogP contribution in [0.3, 0.4) is 0 Å². The van der Waals surface area contributed by atoms with Crippen LogP contribution in [0.2, 0.25) is 0 Å².